The Bertz CT molecular complexity index is 1210. The molecule has 3 aromatic rings. The van der Waals surface area contributed by atoms with Crippen LogP contribution in [0.5, 0.6) is 0 Å². The molecule has 36 heavy (non-hydrogen) atoms. The van der Waals surface area contributed by atoms with Gasteiger partial charge in [-0.1, -0.05) is 65.7 Å². The van der Waals surface area contributed by atoms with Crippen LogP contribution in [0.15, 0.2) is 72.8 Å². The number of hydrogen-bond donors (Lipinski definition) is 1. The number of rotatable bonds is 6. The van der Waals surface area contributed by atoms with Crippen molar-refractivity contribution in [2.24, 2.45) is 0 Å². The van der Waals surface area contributed by atoms with Crippen molar-refractivity contribution in [3.8, 4) is 0 Å². The second kappa shape index (κ2) is 10.5. The van der Waals surface area contributed by atoms with E-state index in [1.165, 1.54) is 11.1 Å². The van der Waals surface area contributed by atoms with Gasteiger partial charge in [0.2, 0.25) is 5.91 Å². The monoisotopic (exact) mass is 522 g/mol. The third kappa shape index (κ3) is 5.27. The van der Waals surface area contributed by atoms with Gasteiger partial charge in [-0.3, -0.25) is 4.79 Å². The van der Waals surface area contributed by atoms with Crippen LogP contribution < -0.4 is 4.90 Å². The molecular weight excluding hydrogens is 491 g/mol. The van der Waals surface area contributed by atoms with Gasteiger partial charge < -0.3 is 14.9 Å². The first-order valence-electron chi connectivity index (χ1n) is 12.6. The number of aliphatic hydroxyl groups is 1. The van der Waals surface area contributed by atoms with Crippen molar-refractivity contribution in [2.45, 2.75) is 49.7 Å². The molecule has 5 rings (SSSR count). The Kier molecular flexibility index (Phi) is 7.30. The van der Waals surface area contributed by atoms with E-state index in [9.17, 15) is 9.90 Å². The summed E-state index contributed by atoms with van der Waals surface area (Å²) in [7, 11) is 2.10. The van der Waals surface area contributed by atoms with Crippen LogP contribution >= 0.6 is 23.2 Å². The van der Waals surface area contributed by atoms with Crippen molar-refractivity contribution in [3.63, 3.8) is 0 Å². The smallest absolute Gasteiger partial charge is 0.222 e. The summed E-state index contributed by atoms with van der Waals surface area (Å²) in [6.45, 7) is 1.19. The zero-order valence-corrected chi connectivity index (χ0v) is 22.1. The van der Waals surface area contributed by atoms with Gasteiger partial charge in [0.1, 0.15) is 0 Å². The zero-order valence-electron chi connectivity index (χ0n) is 20.5. The lowest BCUT2D eigenvalue weighted by molar-refractivity contribution is -0.135. The van der Waals surface area contributed by atoms with Crippen LogP contribution in [0.3, 0.4) is 0 Å². The molecule has 1 N–H and O–H groups in total. The molecular formula is C30H32Cl2N2O2. The van der Waals surface area contributed by atoms with Crippen LogP contribution in [0.4, 0.5) is 5.69 Å². The first-order chi connectivity index (χ1) is 17.3. The molecule has 0 unspecified atom stereocenters. The molecule has 0 bridgehead atoms. The Balaban J connectivity index is 1.26. The molecule has 0 aromatic heterocycles. The quantitative estimate of drug-likeness (QED) is 0.394. The lowest BCUT2D eigenvalue weighted by Gasteiger charge is -2.38. The van der Waals surface area contributed by atoms with Crippen LogP contribution in [0.25, 0.3) is 0 Å². The first kappa shape index (κ1) is 25.1. The Morgan fingerprint density at radius 2 is 1.64 bits per heavy atom. The highest BCUT2D eigenvalue weighted by Gasteiger charge is 2.39. The van der Waals surface area contributed by atoms with Gasteiger partial charge in [-0.05, 0) is 66.3 Å². The van der Waals surface area contributed by atoms with E-state index in [1.54, 1.807) is 0 Å². The number of likely N-dealkylation sites (N-methyl/N-ethyl adjacent to an activating group) is 1. The summed E-state index contributed by atoms with van der Waals surface area (Å²) in [6.07, 6.45) is 3.03. The van der Waals surface area contributed by atoms with Gasteiger partial charge in [-0.25, -0.2) is 0 Å². The first-order valence-corrected chi connectivity index (χ1v) is 13.4. The topological polar surface area (TPSA) is 43.8 Å². The molecule has 0 aliphatic carbocycles. The number of anilines is 1. The van der Waals surface area contributed by atoms with E-state index in [1.807, 2.05) is 47.4 Å². The maximum atomic E-state index is 13.3. The Hall–Kier alpha value is -2.53. The lowest BCUT2D eigenvalue weighted by atomic mass is 9.84. The van der Waals surface area contributed by atoms with Gasteiger partial charge in [0.05, 0.1) is 11.6 Å². The Labute approximate surface area is 223 Å². The van der Waals surface area contributed by atoms with Crippen molar-refractivity contribution < 1.29 is 9.90 Å². The number of amides is 1. The van der Waals surface area contributed by atoms with E-state index in [4.69, 9.17) is 23.2 Å². The molecule has 0 saturated carbocycles. The SMILES string of the molecule is CN1c2ccc(Cl)cc2[C@@H](CCC(=O)N2CCC(O)(Cc3ccccc3)CC2)[C@@H]1c1ccc(Cl)cc1. The number of benzene rings is 3. The summed E-state index contributed by atoms with van der Waals surface area (Å²) in [5.74, 6) is 0.304. The number of likely N-dealkylation sites (tertiary alicyclic amines) is 1. The second-order valence-corrected chi connectivity index (χ2v) is 11.1. The maximum Gasteiger partial charge on any atom is 0.222 e. The minimum Gasteiger partial charge on any atom is -0.389 e. The summed E-state index contributed by atoms with van der Waals surface area (Å²) in [4.78, 5) is 17.5. The van der Waals surface area contributed by atoms with Crippen molar-refractivity contribution in [1.82, 2.24) is 4.90 Å². The van der Waals surface area contributed by atoms with Crippen LogP contribution in [-0.4, -0.2) is 41.7 Å². The van der Waals surface area contributed by atoms with Crippen molar-refractivity contribution in [3.05, 3.63) is 99.5 Å². The number of piperidine rings is 1. The van der Waals surface area contributed by atoms with E-state index in [0.717, 1.165) is 17.7 Å². The van der Waals surface area contributed by atoms with E-state index in [-0.39, 0.29) is 17.9 Å². The number of carbonyl (C=O) groups is 1. The van der Waals surface area contributed by atoms with Gasteiger partial charge in [0, 0.05) is 54.6 Å². The summed E-state index contributed by atoms with van der Waals surface area (Å²) in [5.41, 5.74) is 3.91. The number of nitrogens with zero attached hydrogens (tertiary/aromatic N) is 2. The zero-order chi connectivity index (χ0) is 25.3. The predicted molar refractivity (Wildman–Crippen MR) is 147 cm³/mol. The molecule has 0 radical (unpaired) electrons. The van der Waals surface area contributed by atoms with Gasteiger partial charge in [0.15, 0.2) is 0 Å². The summed E-state index contributed by atoms with van der Waals surface area (Å²) in [5, 5.41) is 12.5. The molecule has 1 saturated heterocycles. The highest BCUT2D eigenvalue weighted by atomic mass is 35.5. The Morgan fingerprint density at radius 1 is 0.972 bits per heavy atom. The molecule has 188 valence electrons. The van der Waals surface area contributed by atoms with E-state index >= 15 is 0 Å². The number of carbonyl (C=O) groups excluding carboxylic acids is 1. The fraction of sp³-hybridized carbons (Fsp3) is 0.367. The average Bonchev–Trinajstić information content (AvgIpc) is 3.14. The normalized spacial score (nSPS) is 20.9. The standard InChI is InChI=1S/C30H32Cl2N2O2/c1-33-27-13-11-24(32)19-26(27)25(29(33)22-7-9-23(31)10-8-22)12-14-28(35)34-17-15-30(36,16-18-34)20-21-5-3-2-4-6-21/h2-11,13,19,25,29,36H,12,14-18,20H2,1H3/t25-,29+/m1/s1. The van der Waals surface area contributed by atoms with Gasteiger partial charge in [-0.15, -0.1) is 0 Å². The maximum absolute atomic E-state index is 13.3. The minimum atomic E-state index is -0.748. The van der Waals surface area contributed by atoms with Gasteiger partial charge >= 0.3 is 0 Å². The Morgan fingerprint density at radius 3 is 2.33 bits per heavy atom. The van der Waals surface area contributed by atoms with Crippen LogP contribution in [0.2, 0.25) is 10.0 Å². The van der Waals surface area contributed by atoms with Gasteiger partial charge in [-0.2, -0.15) is 0 Å². The summed E-state index contributed by atoms with van der Waals surface area (Å²) < 4.78 is 0. The van der Waals surface area contributed by atoms with E-state index < -0.39 is 5.60 Å². The van der Waals surface area contributed by atoms with Crippen molar-refractivity contribution in [2.75, 3.05) is 25.0 Å². The lowest BCUT2D eigenvalue weighted by Crippen LogP contribution is -2.47. The van der Waals surface area contributed by atoms with Crippen LogP contribution in [0.1, 0.15) is 54.3 Å². The highest BCUT2D eigenvalue weighted by Crippen LogP contribution is 2.51. The fourth-order valence-corrected chi connectivity index (χ4v) is 6.23. The van der Waals surface area contributed by atoms with Crippen molar-refractivity contribution in [1.29, 1.82) is 0 Å². The molecule has 2 aliphatic rings. The molecule has 2 atom stereocenters. The molecule has 3 aromatic carbocycles. The minimum absolute atomic E-state index is 0.112. The molecule has 1 fully saturated rings. The van der Waals surface area contributed by atoms with E-state index in [2.05, 4.69) is 42.3 Å². The van der Waals surface area contributed by atoms with Crippen molar-refractivity contribution >= 4 is 34.8 Å². The highest BCUT2D eigenvalue weighted by molar-refractivity contribution is 6.31. The third-order valence-electron chi connectivity index (χ3n) is 7.87. The summed E-state index contributed by atoms with van der Waals surface area (Å²) in [6, 6.07) is 24.2. The number of fused-ring (bicyclic) bond motifs is 1. The fourth-order valence-electron chi connectivity index (χ4n) is 5.92. The third-order valence-corrected chi connectivity index (χ3v) is 8.36. The second-order valence-electron chi connectivity index (χ2n) is 10.2. The predicted octanol–water partition coefficient (Wildman–Crippen LogP) is 6.64. The average molecular weight is 524 g/mol. The molecule has 2 aliphatic heterocycles. The molecule has 6 heteroatoms. The van der Waals surface area contributed by atoms with Gasteiger partial charge in [0.25, 0.3) is 0 Å². The van der Waals surface area contributed by atoms with Crippen LogP contribution in [0, 0.1) is 0 Å². The molecule has 2 heterocycles. The number of hydrogen-bond acceptors (Lipinski definition) is 3. The van der Waals surface area contributed by atoms with E-state index in [0.29, 0.717) is 48.8 Å². The number of halogens is 2. The molecule has 0 spiro atoms. The molecule has 1 amide bonds. The largest absolute Gasteiger partial charge is 0.389 e. The summed E-state index contributed by atoms with van der Waals surface area (Å²) >= 11 is 12.5. The van der Waals surface area contributed by atoms with Crippen LogP contribution in [-0.2, 0) is 11.2 Å². The molecule has 4 nitrogen and oxygen atoms in total.